The zero-order valence-corrected chi connectivity index (χ0v) is 14.9. The van der Waals surface area contributed by atoms with Crippen molar-refractivity contribution in [3.63, 3.8) is 0 Å². The summed E-state index contributed by atoms with van der Waals surface area (Å²) in [5, 5.41) is 11.0. The standard InChI is InChI=1S/C21H25NO3/c1-10-8-22-9-12-3-4-14-16-11(5-6-25-14)7-13-17(16)21(12,2)20(22)15(10)19(24)18(13)23/h7,10,12,15,19-20,24H,3-6,8-9H2,1-2H3/t10-,12+,15+,19?,20+,21-/m0/s1. The normalized spacial score (nSPS) is 47.6. The van der Waals surface area contributed by atoms with Gasteiger partial charge in [0.25, 0.3) is 0 Å². The van der Waals surface area contributed by atoms with Gasteiger partial charge in [-0.3, -0.25) is 9.69 Å². The summed E-state index contributed by atoms with van der Waals surface area (Å²) in [7, 11) is 0. The summed E-state index contributed by atoms with van der Waals surface area (Å²) < 4.78 is 6.07. The predicted molar refractivity (Wildman–Crippen MR) is 92.6 cm³/mol. The van der Waals surface area contributed by atoms with E-state index in [0.717, 1.165) is 50.3 Å². The Labute approximate surface area is 148 Å². The van der Waals surface area contributed by atoms with Crippen LogP contribution in [0.25, 0.3) is 0 Å². The molecule has 2 saturated heterocycles. The first-order chi connectivity index (χ1) is 12.0. The van der Waals surface area contributed by atoms with E-state index >= 15 is 0 Å². The summed E-state index contributed by atoms with van der Waals surface area (Å²) in [6, 6.07) is 0.278. The fourth-order valence-corrected chi connectivity index (χ4v) is 7.14. The minimum absolute atomic E-state index is 0.0428. The number of carbonyl (C=O) groups is 1. The van der Waals surface area contributed by atoms with Gasteiger partial charge in [-0.25, -0.2) is 0 Å². The van der Waals surface area contributed by atoms with E-state index in [9.17, 15) is 9.90 Å². The third-order valence-corrected chi connectivity index (χ3v) is 8.10. The summed E-state index contributed by atoms with van der Waals surface area (Å²) in [4.78, 5) is 15.9. The third-order valence-electron chi connectivity index (χ3n) is 8.10. The van der Waals surface area contributed by atoms with Gasteiger partial charge >= 0.3 is 0 Å². The average molecular weight is 339 g/mol. The molecule has 6 aliphatic rings. The average Bonchev–Trinajstić information content (AvgIpc) is 3.17. The number of ether oxygens (including phenoxy) is 1. The third kappa shape index (κ3) is 1.52. The van der Waals surface area contributed by atoms with Gasteiger partial charge in [-0.05, 0) is 35.5 Å². The molecule has 2 fully saturated rings. The Morgan fingerprint density at radius 2 is 2.16 bits per heavy atom. The lowest BCUT2D eigenvalue weighted by molar-refractivity contribution is -0.126. The number of nitrogens with zero attached hydrogens (tertiary/aromatic N) is 1. The quantitative estimate of drug-likeness (QED) is 0.735. The molecule has 4 heteroatoms. The molecule has 0 spiro atoms. The Kier molecular flexibility index (Phi) is 2.64. The van der Waals surface area contributed by atoms with Crippen molar-refractivity contribution in [3.05, 3.63) is 34.1 Å². The number of hydrogen-bond donors (Lipinski definition) is 1. The van der Waals surface area contributed by atoms with Crippen LogP contribution in [-0.4, -0.2) is 47.6 Å². The molecule has 25 heavy (non-hydrogen) atoms. The molecule has 3 aliphatic carbocycles. The van der Waals surface area contributed by atoms with E-state index in [4.69, 9.17) is 4.74 Å². The van der Waals surface area contributed by atoms with Crippen LogP contribution in [0.2, 0.25) is 0 Å². The summed E-state index contributed by atoms with van der Waals surface area (Å²) in [6.07, 6.45) is 4.22. The van der Waals surface area contributed by atoms with E-state index in [0.29, 0.717) is 11.8 Å². The molecule has 6 rings (SSSR count). The van der Waals surface area contributed by atoms with Gasteiger partial charge in [-0.15, -0.1) is 0 Å². The highest BCUT2D eigenvalue weighted by atomic mass is 16.5. The van der Waals surface area contributed by atoms with Gasteiger partial charge in [0.05, 0.1) is 6.61 Å². The van der Waals surface area contributed by atoms with Crippen molar-refractivity contribution in [2.24, 2.45) is 23.2 Å². The van der Waals surface area contributed by atoms with E-state index in [1.165, 1.54) is 16.7 Å². The topological polar surface area (TPSA) is 49.8 Å². The Bertz CT molecular complexity index is 806. The van der Waals surface area contributed by atoms with E-state index in [2.05, 4.69) is 24.8 Å². The van der Waals surface area contributed by atoms with E-state index in [1.54, 1.807) is 0 Å². The number of hydrogen-bond acceptors (Lipinski definition) is 4. The first-order valence-electron chi connectivity index (χ1n) is 9.80. The van der Waals surface area contributed by atoms with Crippen LogP contribution >= 0.6 is 0 Å². The van der Waals surface area contributed by atoms with Crippen LogP contribution < -0.4 is 0 Å². The first kappa shape index (κ1) is 14.7. The maximum Gasteiger partial charge on any atom is 0.191 e. The second-order valence-corrected chi connectivity index (χ2v) is 9.14. The number of aliphatic hydroxyl groups is 1. The Morgan fingerprint density at radius 1 is 1.32 bits per heavy atom. The lowest BCUT2D eigenvalue weighted by Gasteiger charge is -2.40. The zero-order chi connectivity index (χ0) is 17.1. The van der Waals surface area contributed by atoms with E-state index in [1.807, 2.05) is 0 Å². The van der Waals surface area contributed by atoms with Crippen molar-refractivity contribution < 1.29 is 14.6 Å². The van der Waals surface area contributed by atoms with Crippen molar-refractivity contribution >= 4 is 5.78 Å². The van der Waals surface area contributed by atoms with Crippen LogP contribution in [0.5, 0.6) is 0 Å². The largest absolute Gasteiger partial charge is 0.497 e. The van der Waals surface area contributed by atoms with E-state index < -0.39 is 6.10 Å². The molecular weight excluding hydrogens is 314 g/mol. The zero-order valence-electron chi connectivity index (χ0n) is 14.9. The van der Waals surface area contributed by atoms with Crippen molar-refractivity contribution in [3.8, 4) is 0 Å². The summed E-state index contributed by atoms with van der Waals surface area (Å²) in [5.41, 5.74) is 4.50. The van der Waals surface area contributed by atoms with Crippen LogP contribution in [0.1, 0.15) is 33.1 Å². The molecule has 3 heterocycles. The second kappa shape index (κ2) is 4.47. The molecule has 0 saturated carbocycles. The number of carbonyl (C=O) groups excluding carboxylic acids is 1. The lowest BCUT2D eigenvalue weighted by Crippen LogP contribution is -2.45. The minimum atomic E-state index is -0.864. The lowest BCUT2D eigenvalue weighted by atomic mass is 9.63. The molecule has 132 valence electrons. The number of aliphatic hydroxyl groups excluding tert-OH is 1. The van der Waals surface area contributed by atoms with Gasteiger partial charge < -0.3 is 9.84 Å². The van der Waals surface area contributed by atoms with Crippen molar-refractivity contribution in [2.45, 2.75) is 45.3 Å². The molecule has 0 amide bonds. The SMILES string of the molecule is C[C@H]1CN2C[C@H]3CCC4=C5C(=CC6=C5[C@@]3(C)[C@H]2[C@H]1C(O)C6=O)CCO4. The first-order valence-corrected chi connectivity index (χ1v) is 9.80. The van der Waals surface area contributed by atoms with Gasteiger partial charge in [0.15, 0.2) is 5.78 Å². The highest BCUT2D eigenvalue weighted by Crippen LogP contribution is 2.64. The van der Waals surface area contributed by atoms with Crippen molar-refractivity contribution in [1.82, 2.24) is 4.90 Å². The molecule has 1 unspecified atom stereocenters. The Hall–Kier alpha value is -1.39. The molecule has 0 radical (unpaired) electrons. The van der Waals surface area contributed by atoms with Gasteiger partial charge in [-0.2, -0.15) is 0 Å². The maximum absolute atomic E-state index is 13.3. The fraction of sp³-hybridized carbons (Fsp3) is 0.667. The molecule has 0 bridgehead atoms. The van der Waals surface area contributed by atoms with Gasteiger partial charge in [-0.1, -0.05) is 13.8 Å². The van der Waals surface area contributed by atoms with Crippen molar-refractivity contribution in [1.29, 1.82) is 0 Å². The van der Waals surface area contributed by atoms with Gasteiger partial charge in [0.2, 0.25) is 0 Å². The second-order valence-electron chi connectivity index (χ2n) is 9.14. The molecule has 4 nitrogen and oxygen atoms in total. The molecule has 0 aromatic rings. The molecule has 6 atom stereocenters. The maximum atomic E-state index is 13.3. The minimum Gasteiger partial charge on any atom is -0.497 e. The van der Waals surface area contributed by atoms with Crippen LogP contribution in [0.4, 0.5) is 0 Å². The number of Topliss-reactive ketones (excluding diaryl/α,β-unsaturated/α-hetero) is 1. The molecule has 0 aromatic carbocycles. The predicted octanol–water partition coefficient (Wildman–Crippen LogP) is 2.21. The van der Waals surface area contributed by atoms with Gasteiger partial charge in [0, 0.05) is 54.5 Å². The molecule has 3 aliphatic heterocycles. The summed E-state index contributed by atoms with van der Waals surface area (Å²) >= 11 is 0. The highest BCUT2D eigenvalue weighted by molar-refractivity contribution is 6.05. The summed E-state index contributed by atoms with van der Waals surface area (Å²) in [6.45, 7) is 7.42. The summed E-state index contributed by atoms with van der Waals surface area (Å²) in [5.74, 6) is 2.02. The highest BCUT2D eigenvalue weighted by Gasteiger charge is 2.65. The number of rotatable bonds is 0. The molecular formula is C21H25NO3. The smallest absolute Gasteiger partial charge is 0.191 e. The Balaban J connectivity index is 1.67. The molecule has 1 N–H and O–H groups in total. The Morgan fingerprint density at radius 3 is 3.00 bits per heavy atom. The van der Waals surface area contributed by atoms with Crippen LogP contribution in [0.3, 0.4) is 0 Å². The number of ketones is 1. The molecule has 0 aromatic heterocycles. The van der Waals surface area contributed by atoms with Gasteiger partial charge in [0.1, 0.15) is 11.9 Å². The number of allylic oxidation sites excluding steroid dienone is 3. The van der Waals surface area contributed by atoms with Crippen LogP contribution in [0.15, 0.2) is 34.1 Å². The fourth-order valence-electron chi connectivity index (χ4n) is 7.14. The van der Waals surface area contributed by atoms with Crippen LogP contribution in [0, 0.1) is 23.2 Å². The van der Waals surface area contributed by atoms with Crippen molar-refractivity contribution in [2.75, 3.05) is 19.7 Å². The van der Waals surface area contributed by atoms with E-state index in [-0.39, 0.29) is 23.2 Å². The van der Waals surface area contributed by atoms with Crippen LogP contribution in [-0.2, 0) is 9.53 Å². The monoisotopic (exact) mass is 339 g/mol.